The fraction of sp³-hybridized carbons (Fsp3) is 0.214. The number of hydrogen-bond donors (Lipinski definition) is 0. The van der Waals surface area contributed by atoms with Crippen molar-refractivity contribution in [2.75, 3.05) is 7.11 Å². The normalized spacial score (nSPS) is 10.9. The highest BCUT2D eigenvalue weighted by atomic mass is 79.9. The van der Waals surface area contributed by atoms with Gasteiger partial charge in [0, 0.05) is 15.6 Å². The fourth-order valence-corrected chi connectivity index (χ4v) is 4.83. The molecule has 0 aliphatic rings. The van der Waals surface area contributed by atoms with Crippen molar-refractivity contribution in [1.29, 1.82) is 0 Å². The number of methoxy groups -OCH3 is 1. The molecule has 0 atom stereocenters. The number of thiazole rings is 1. The largest absolute Gasteiger partial charge is 0.496 e. The molecule has 0 saturated carbocycles. The van der Waals surface area contributed by atoms with Crippen LogP contribution in [0.1, 0.15) is 10.7 Å². The number of nitrogens with zero attached hydrogens (tertiary/aromatic N) is 3. The molecule has 2 aromatic heterocycles. The first-order chi connectivity index (χ1) is 10.7. The third-order valence-electron chi connectivity index (χ3n) is 2.79. The van der Waals surface area contributed by atoms with Crippen LogP contribution < -0.4 is 4.74 Å². The van der Waals surface area contributed by atoms with Gasteiger partial charge < -0.3 is 4.74 Å². The van der Waals surface area contributed by atoms with Crippen molar-refractivity contribution in [2.24, 2.45) is 0 Å². The summed E-state index contributed by atoms with van der Waals surface area (Å²) in [6.45, 7) is 1.96. The highest BCUT2D eigenvalue weighted by Gasteiger charge is 2.12. The molecule has 22 heavy (non-hydrogen) atoms. The van der Waals surface area contributed by atoms with Gasteiger partial charge in [0.05, 0.1) is 18.4 Å². The predicted octanol–water partition coefficient (Wildman–Crippen LogP) is 5.03. The Labute approximate surface area is 149 Å². The molecule has 0 spiro atoms. The summed E-state index contributed by atoms with van der Waals surface area (Å²) in [6, 6.07) is 5.94. The van der Waals surface area contributed by atoms with Crippen LogP contribution in [0.15, 0.2) is 32.4 Å². The van der Waals surface area contributed by atoms with E-state index in [4.69, 9.17) is 9.72 Å². The Morgan fingerprint density at radius 1 is 1.32 bits per heavy atom. The third-order valence-corrected chi connectivity index (χ3v) is 6.22. The van der Waals surface area contributed by atoms with E-state index in [1.165, 1.54) is 0 Å². The van der Waals surface area contributed by atoms with Gasteiger partial charge >= 0.3 is 0 Å². The van der Waals surface area contributed by atoms with E-state index in [2.05, 4.69) is 31.5 Å². The number of aryl methyl sites for hydroxylation is 1. The van der Waals surface area contributed by atoms with Crippen molar-refractivity contribution in [1.82, 2.24) is 15.2 Å². The second-order valence-electron chi connectivity index (χ2n) is 4.36. The summed E-state index contributed by atoms with van der Waals surface area (Å²) in [5, 5.41) is 12.2. The highest BCUT2D eigenvalue weighted by molar-refractivity contribution is 9.10. The maximum Gasteiger partial charge on any atom is 0.174 e. The molecule has 8 heteroatoms. The third kappa shape index (κ3) is 3.68. The van der Waals surface area contributed by atoms with Crippen molar-refractivity contribution >= 4 is 50.4 Å². The van der Waals surface area contributed by atoms with Crippen molar-refractivity contribution in [3.8, 4) is 16.3 Å². The van der Waals surface area contributed by atoms with E-state index in [0.717, 1.165) is 41.6 Å². The standard InChI is InChI=1S/C14H12BrN3OS3/c1-8-17-18-14(22-8)21-7-10-6-20-13(16-10)11-5-9(15)3-4-12(11)19-2/h3-6H,7H2,1-2H3. The summed E-state index contributed by atoms with van der Waals surface area (Å²) in [5.41, 5.74) is 2.05. The van der Waals surface area contributed by atoms with E-state index >= 15 is 0 Å². The molecule has 2 heterocycles. The molecule has 114 valence electrons. The van der Waals surface area contributed by atoms with Gasteiger partial charge in [0.25, 0.3) is 0 Å². The summed E-state index contributed by atoms with van der Waals surface area (Å²) in [4.78, 5) is 4.71. The van der Waals surface area contributed by atoms with Crippen molar-refractivity contribution in [3.05, 3.63) is 38.8 Å². The van der Waals surface area contributed by atoms with E-state index < -0.39 is 0 Å². The lowest BCUT2D eigenvalue weighted by Gasteiger charge is -2.06. The Morgan fingerprint density at radius 2 is 2.18 bits per heavy atom. The van der Waals surface area contributed by atoms with E-state index in [0.29, 0.717) is 0 Å². The topological polar surface area (TPSA) is 47.9 Å². The maximum atomic E-state index is 5.42. The van der Waals surface area contributed by atoms with Crippen LogP contribution in [0.5, 0.6) is 5.75 Å². The Kier molecular flexibility index (Phi) is 5.12. The number of ether oxygens (including phenoxy) is 1. The Balaban J connectivity index is 1.77. The molecule has 3 rings (SSSR count). The molecule has 1 aromatic carbocycles. The zero-order valence-electron chi connectivity index (χ0n) is 11.9. The van der Waals surface area contributed by atoms with Gasteiger partial charge in [-0.05, 0) is 25.1 Å². The van der Waals surface area contributed by atoms with Gasteiger partial charge in [-0.2, -0.15) is 0 Å². The van der Waals surface area contributed by atoms with Crippen LogP contribution in [-0.4, -0.2) is 22.3 Å². The molecule has 0 aliphatic heterocycles. The lowest BCUT2D eigenvalue weighted by Crippen LogP contribution is -1.88. The zero-order valence-corrected chi connectivity index (χ0v) is 15.9. The Hall–Kier alpha value is -0.960. The summed E-state index contributed by atoms with van der Waals surface area (Å²) in [7, 11) is 1.68. The molecule has 0 amide bonds. The number of halogens is 1. The van der Waals surface area contributed by atoms with Crippen LogP contribution in [0.25, 0.3) is 10.6 Å². The molecule has 0 bridgehead atoms. The van der Waals surface area contributed by atoms with Gasteiger partial charge in [-0.3, -0.25) is 0 Å². The molecule has 0 N–H and O–H groups in total. The molecule has 4 nitrogen and oxygen atoms in total. The van der Waals surface area contributed by atoms with Gasteiger partial charge in [-0.1, -0.05) is 39.0 Å². The van der Waals surface area contributed by atoms with Crippen molar-refractivity contribution in [2.45, 2.75) is 17.0 Å². The molecule has 3 aromatic rings. The van der Waals surface area contributed by atoms with Crippen LogP contribution in [0.4, 0.5) is 0 Å². The van der Waals surface area contributed by atoms with E-state index in [1.807, 2.05) is 25.1 Å². The zero-order chi connectivity index (χ0) is 15.5. The van der Waals surface area contributed by atoms with Crippen molar-refractivity contribution < 1.29 is 4.74 Å². The van der Waals surface area contributed by atoms with E-state index in [-0.39, 0.29) is 0 Å². The molecule has 0 saturated heterocycles. The molecule has 0 fully saturated rings. The van der Waals surface area contributed by atoms with Gasteiger partial charge in [0.1, 0.15) is 15.8 Å². The van der Waals surface area contributed by atoms with Crippen molar-refractivity contribution in [3.63, 3.8) is 0 Å². The second kappa shape index (κ2) is 7.08. The molecule has 0 unspecified atom stereocenters. The number of rotatable bonds is 5. The monoisotopic (exact) mass is 413 g/mol. The SMILES string of the molecule is COc1ccc(Br)cc1-c1nc(CSc2nnc(C)s2)cs1. The van der Waals surface area contributed by atoms with Crippen LogP contribution >= 0.6 is 50.4 Å². The van der Waals surface area contributed by atoms with Gasteiger partial charge in [-0.25, -0.2) is 4.98 Å². The number of benzene rings is 1. The number of hydrogen-bond acceptors (Lipinski definition) is 7. The fourth-order valence-electron chi connectivity index (χ4n) is 1.82. The first-order valence-electron chi connectivity index (χ1n) is 6.37. The molecule has 0 radical (unpaired) electrons. The number of thioether (sulfide) groups is 1. The Morgan fingerprint density at radius 3 is 2.91 bits per heavy atom. The first-order valence-corrected chi connectivity index (χ1v) is 9.84. The minimum absolute atomic E-state index is 0.793. The summed E-state index contributed by atoms with van der Waals surface area (Å²) in [6.07, 6.45) is 0. The quantitative estimate of drug-likeness (QED) is 0.548. The Bertz CT molecular complexity index is 787. The van der Waals surface area contributed by atoms with Gasteiger partial charge in [0.2, 0.25) is 0 Å². The predicted molar refractivity (Wildman–Crippen MR) is 96.0 cm³/mol. The summed E-state index contributed by atoms with van der Waals surface area (Å²) < 4.78 is 7.41. The molecular formula is C14H12BrN3OS3. The average molecular weight is 414 g/mol. The van der Waals surface area contributed by atoms with E-state index in [1.54, 1.807) is 41.5 Å². The van der Waals surface area contributed by atoms with Gasteiger partial charge in [-0.15, -0.1) is 21.5 Å². The van der Waals surface area contributed by atoms with Crippen LogP contribution in [-0.2, 0) is 5.75 Å². The first kappa shape index (κ1) is 15.9. The van der Waals surface area contributed by atoms with Crippen LogP contribution in [0, 0.1) is 6.92 Å². The van der Waals surface area contributed by atoms with E-state index in [9.17, 15) is 0 Å². The smallest absolute Gasteiger partial charge is 0.174 e. The lowest BCUT2D eigenvalue weighted by molar-refractivity contribution is 0.416. The van der Waals surface area contributed by atoms with Crippen LogP contribution in [0.2, 0.25) is 0 Å². The minimum atomic E-state index is 0.793. The molecule has 0 aliphatic carbocycles. The highest BCUT2D eigenvalue weighted by Crippen LogP contribution is 2.35. The summed E-state index contributed by atoms with van der Waals surface area (Å²) in [5.74, 6) is 1.62. The average Bonchev–Trinajstić information content (AvgIpc) is 3.14. The second-order valence-corrected chi connectivity index (χ2v) is 8.54. The van der Waals surface area contributed by atoms with Gasteiger partial charge in [0.15, 0.2) is 4.34 Å². The number of aromatic nitrogens is 3. The summed E-state index contributed by atoms with van der Waals surface area (Å²) >= 11 is 8.39. The molecular weight excluding hydrogens is 402 g/mol. The minimum Gasteiger partial charge on any atom is -0.496 e. The van der Waals surface area contributed by atoms with Crippen LogP contribution in [0.3, 0.4) is 0 Å². The maximum absolute atomic E-state index is 5.42. The lowest BCUT2D eigenvalue weighted by atomic mass is 10.2.